The Kier molecular flexibility index (Phi) is 6.34. The number of aryl methyl sites for hydroxylation is 1. The molecule has 1 saturated heterocycles. The van der Waals surface area contributed by atoms with Crippen molar-refractivity contribution in [3.63, 3.8) is 0 Å². The molecule has 1 aliphatic carbocycles. The van der Waals surface area contributed by atoms with Gasteiger partial charge in [-0.1, -0.05) is 66.7 Å². The number of likely N-dealkylation sites (tertiary alicyclic amines) is 1. The lowest BCUT2D eigenvalue weighted by atomic mass is 9.96. The molecular formula is C30H33NO2. The molecule has 1 fully saturated rings. The lowest BCUT2D eigenvalue weighted by Crippen LogP contribution is -2.46. The van der Waals surface area contributed by atoms with Crippen molar-refractivity contribution < 1.29 is 9.47 Å². The zero-order valence-corrected chi connectivity index (χ0v) is 19.5. The summed E-state index contributed by atoms with van der Waals surface area (Å²) in [6.07, 6.45) is 6.62. The maximum atomic E-state index is 6.73. The van der Waals surface area contributed by atoms with Gasteiger partial charge in [-0.2, -0.15) is 0 Å². The van der Waals surface area contributed by atoms with Crippen LogP contribution in [0, 0.1) is 0 Å². The Balaban J connectivity index is 1.26. The second-order valence-corrected chi connectivity index (χ2v) is 9.22. The van der Waals surface area contributed by atoms with Crippen molar-refractivity contribution in [3.8, 4) is 16.9 Å². The number of rotatable bonds is 9. The van der Waals surface area contributed by atoms with Crippen LogP contribution in [0.5, 0.6) is 5.75 Å². The van der Waals surface area contributed by atoms with Crippen molar-refractivity contribution in [1.29, 1.82) is 0 Å². The van der Waals surface area contributed by atoms with Gasteiger partial charge in [-0.05, 0) is 78.7 Å². The molecule has 33 heavy (non-hydrogen) atoms. The molecule has 2 aliphatic rings. The Morgan fingerprint density at radius 1 is 0.970 bits per heavy atom. The van der Waals surface area contributed by atoms with E-state index in [1.165, 1.54) is 34.2 Å². The summed E-state index contributed by atoms with van der Waals surface area (Å²) in [7, 11) is 1.71. The van der Waals surface area contributed by atoms with Crippen molar-refractivity contribution in [2.45, 2.75) is 37.3 Å². The summed E-state index contributed by atoms with van der Waals surface area (Å²) in [5.74, 6) is 0.913. The van der Waals surface area contributed by atoms with Crippen molar-refractivity contribution in [3.05, 3.63) is 102 Å². The Morgan fingerprint density at radius 3 is 2.27 bits per heavy atom. The summed E-state index contributed by atoms with van der Waals surface area (Å²) in [6.45, 7) is 7.08. The van der Waals surface area contributed by atoms with E-state index in [-0.39, 0.29) is 11.6 Å². The summed E-state index contributed by atoms with van der Waals surface area (Å²) >= 11 is 0. The number of methoxy groups -OCH3 is 1. The van der Waals surface area contributed by atoms with Gasteiger partial charge in [0.25, 0.3) is 0 Å². The van der Waals surface area contributed by atoms with Crippen LogP contribution in [-0.4, -0.2) is 37.2 Å². The fourth-order valence-corrected chi connectivity index (χ4v) is 5.53. The van der Waals surface area contributed by atoms with Crippen molar-refractivity contribution >= 4 is 0 Å². The Morgan fingerprint density at radius 2 is 1.64 bits per heavy atom. The third-order valence-corrected chi connectivity index (χ3v) is 7.38. The molecule has 3 aromatic rings. The second kappa shape index (κ2) is 9.54. The van der Waals surface area contributed by atoms with Crippen LogP contribution < -0.4 is 4.74 Å². The summed E-state index contributed by atoms with van der Waals surface area (Å²) in [5.41, 5.74) is 6.42. The van der Waals surface area contributed by atoms with Gasteiger partial charge in [0.05, 0.1) is 19.3 Å². The van der Waals surface area contributed by atoms with E-state index in [9.17, 15) is 0 Å². The largest absolute Gasteiger partial charge is 0.497 e. The highest BCUT2D eigenvalue weighted by atomic mass is 16.5. The lowest BCUT2D eigenvalue weighted by Gasteiger charge is -2.37. The summed E-state index contributed by atoms with van der Waals surface area (Å²) in [5, 5.41) is 0. The average molecular weight is 440 g/mol. The highest BCUT2D eigenvalue weighted by Gasteiger charge is 2.40. The fraction of sp³-hybridized carbons (Fsp3) is 0.333. The molecule has 0 amide bonds. The van der Waals surface area contributed by atoms with Gasteiger partial charge < -0.3 is 9.47 Å². The number of fused-ring (bicyclic) bond motifs is 3. The van der Waals surface area contributed by atoms with Gasteiger partial charge in [0, 0.05) is 0 Å². The molecule has 0 aromatic heterocycles. The molecule has 1 unspecified atom stereocenters. The van der Waals surface area contributed by atoms with Crippen LogP contribution in [0.25, 0.3) is 11.1 Å². The van der Waals surface area contributed by atoms with E-state index in [1.807, 2.05) is 12.1 Å². The first kappa shape index (κ1) is 21.9. The van der Waals surface area contributed by atoms with E-state index >= 15 is 0 Å². The monoisotopic (exact) mass is 439 g/mol. The number of nitrogens with zero attached hydrogens (tertiary/aromatic N) is 1. The summed E-state index contributed by atoms with van der Waals surface area (Å²) in [4.78, 5) is 2.59. The molecule has 1 atom stereocenters. The minimum absolute atomic E-state index is 0.00373. The standard InChI is InChI=1S/C30H33NO2/c1-3-30(19-9-21-31(30)20-8-10-23-15-17-24(32-2)18-16-23)22-33-29-27-13-6-4-11-25(27)26-12-5-7-14-28(26)29/h3-7,11-18,29H,1,8-10,19-22H2,2H3. The molecule has 3 heteroatoms. The molecule has 0 N–H and O–H groups in total. The van der Waals surface area contributed by atoms with Crippen LogP contribution in [0.2, 0.25) is 0 Å². The van der Waals surface area contributed by atoms with E-state index < -0.39 is 0 Å². The molecule has 0 bridgehead atoms. The smallest absolute Gasteiger partial charge is 0.118 e. The van der Waals surface area contributed by atoms with Crippen LogP contribution in [0.1, 0.15) is 42.1 Å². The van der Waals surface area contributed by atoms with Crippen molar-refractivity contribution in [2.75, 3.05) is 26.8 Å². The Hall–Kier alpha value is -2.88. The van der Waals surface area contributed by atoms with Gasteiger partial charge in [-0.25, -0.2) is 0 Å². The molecule has 0 radical (unpaired) electrons. The van der Waals surface area contributed by atoms with E-state index in [1.54, 1.807) is 7.11 Å². The van der Waals surface area contributed by atoms with E-state index in [0.29, 0.717) is 6.61 Å². The van der Waals surface area contributed by atoms with Crippen molar-refractivity contribution in [2.24, 2.45) is 0 Å². The number of hydrogen-bond acceptors (Lipinski definition) is 3. The zero-order chi connectivity index (χ0) is 22.7. The molecule has 0 saturated carbocycles. The Bertz CT molecular complexity index is 1060. The molecule has 1 heterocycles. The molecular weight excluding hydrogens is 406 g/mol. The lowest BCUT2D eigenvalue weighted by molar-refractivity contribution is 0.00978. The third-order valence-electron chi connectivity index (χ3n) is 7.38. The number of benzene rings is 3. The second-order valence-electron chi connectivity index (χ2n) is 9.22. The summed E-state index contributed by atoms with van der Waals surface area (Å²) < 4.78 is 12.0. The van der Waals surface area contributed by atoms with Gasteiger partial charge in [0.1, 0.15) is 11.9 Å². The van der Waals surface area contributed by atoms with Gasteiger partial charge in [-0.3, -0.25) is 4.90 Å². The van der Waals surface area contributed by atoms with Crippen LogP contribution in [-0.2, 0) is 11.2 Å². The molecule has 0 spiro atoms. The fourth-order valence-electron chi connectivity index (χ4n) is 5.53. The van der Waals surface area contributed by atoms with E-state index in [2.05, 4.69) is 78.2 Å². The minimum atomic E-state index is -0.0909. The van der Waals surface area contributed by atoms with Gasteiger partial charge >= 0.3 is 0 Å². The SMILES string of the molecule is C=CC1(COC2c3ccccc3-c3ccccc32)CCCN1CCCc1ccc(OC)cc1. The van der Waals surface area contributed by atoms with E-state index in [4.69, 9.17) is 9.47 Å². The average Bonchev–Trinajstić information content (AvgIpc) is 3.42. The molecule has 3 nitrogen and oxygen atoms in total. The van der Waals surface area contributed by atoms with Crippen molar-refractivity contribution in [1.82, 2.24) is 4.90 Å². The Labute approximate surface area is 197 Å². The van der Waals surface area contributed by atoms with Crippen LogP contribution >= 0.6 is 0 Å². The first-order valence-corrected chi connectivity index (χ1v) is 12.1. The molecule has 5 rings (SSSR count). The summed E-state index contributed by atoms with van der Waals surface area (Å²) in [6, 6.07) is 25.7. The number of hydrogen-bond donors (Lipinski definition) is 0. The topological polar surface area (TPSA) is 21.7 Å². The van der Waals surface area contributed by atoms with Gasteiger partial charge in [-0.15, -0.1) is 6.58 Å². The molecule has 170 valence electrons. The first-order chi connectivity index (χ1) is 16.2. The van der Waals surface area contributed by atoms with Gasteiger partial charge in [0.15, 0.2) is 0 Å². The predicted molar refractivity (Wildman–Crippen MR) is 135 cm³/mol. The van der Waals surface area contributed by atoms with E-state index in [0.717, 1.165) is 38.1 Å². The zero-order valence-electron chi connectivity index (χ0n) is 19.5. The first-order valence-electron chi connectivity index (χ1n) is 12.1. The quantitative estimate of drug-likeness (QED) is 0.358. The van der Waals surface area contributed by atoms with Crippen LogP contribution in [0.3, 0.4) is 0 Å². The maximum absolute atomic E-state index is 6.73. The minimum Gasteiger partial charge on any atom is -0.497 e. The molecule has 1 aliphatic heterocycles. The predicted octanol–water partition coefficient (Wildman–Crippen LogP) is 6.44. The highest BCUT2D eigenvalue weighted by molar-refractivity contribution is 5.78. The maximum Gasteiger partial charge on any atom is 0.118 e. The van der Waals surface area contributed by atoms with Crippen LogP contribution in [0.4, 0.5) is 0 Å². The number of ether oxygens (including phenoxy) is 2. The third kappa shape index (κ3) is 4.23. The van der Waals surface area contributed by atoms with Crippen LogP contribution in [0.15, 0.2) is 85.5 Å². The molecule has 3 aromatic carbocycles. The van der Waals surface area contributed by atoms with Gasteiger partial charge in [0.2, 0.25) is 0 Å². The highest BCUT2D eigenvalue weighted by Crippen LogP contribution is 2.46. The normalized spacial score (nSPS) is 19.9.